The van der Waals surface area contributed by atoms with Gasteiger partial charge in [-0.05, 0) is 54.9 Å². The first-order valence-corrected chi connectivity index (χ1v) is 8.47. The fourth-order valence-electron chi connectivity index (χ4n) is 2.70. The first-order chi connectivity index (χ1) is 12.0. The summed E-state index contributed by atoms with van der Waals surface area (Å²) in [6.45, 7) is 4.02. The van der Waals surface area contributed by atoms with Crippen LogP contribution in [0.5, 0.6) is 0 Å². The minimum Gasteiger partial charge on any atom is -0.298 e. The SMILES string of the molecule is CCc1ccc(N2C(=O)/C(=C/c3cccc(C)c3)C(=O)NC2=S)cc1. The molecule has 1 heterocycles. The predicted octanol–water partition coefficient (Wildman–Crippen LogP) is 3.39. The number of benzene rings is 2. The lowest BCUT2D eigenvalue weighted by Gasteiger charge is -2.29. The fraction of sp³-hybridized carbons (Fsp3) is 0.150. The molecule has 1 N–H and O–H groups in total. The minimum atomic E-state index is -0.474. The van der Waals surface area contributed by atoms with E-state index in [2.05, 4.69) is 12.2 Å². The highest BCUT2D eigenvalue weighted by Crippen LogP contribution is 2.22. The molecule has 0 spiro atoms. The number of thiocarbonyl (C=S) groups is 1. The van der Waals surface area contributed by atoms with Crippen molar-refractivity contribution in [2.24, 2.45) is 0 Å². The number of hydrogen-bond donors (Lipinski definition) is 1. The normalized spacial score (nSPS) is 16.3. The molecule has 126 valence electrons. The van der Waals surface area contributed by atoms with Crippen molar-refractivity contribution in [2.45, 2.75) is 20.3 Å². The van der Waals surface area contributed by atoms with E-state index in [9.17, 15) is 9.59 Å². The van der Waals surface area contributed by atoms with Gasteiger partial charge in [-0.2, -0.15) is 0 Å². The van der Waals surface area contributed by atoms with E-state index in [0.29, 0.717) is 5.69 Å². The molecule has 0 atom stereocenters. The zero-order chi connectivity index (χ0) is 18.0. The van der Waals surface area contributed by atoms with E-state index >= 15 is 0 Å². The van der Waals surface area contributed by atoms with Crippen molar-refractivity contribution in [1.82, 2.24) is 5.32 Å². The summed E-state index contributed by atoms with van der Waals surface area (Å²) in [6, 6.07) is 15.2. The van der Waals surface area contributed by atoms with Crippen molar-refractivity contribution in [3.8, 4) is 0 Å². The maximum Gasteiger partial charge on any atom is 0.270 e. The number of amides is 2. The lowest BCUT2D eigenvalue weighted by atomic mass is 10.0. The van der Waals surface area contributed by atoms with Gasteiger partial charge in [-0.1, -0.05) is 48.9 Å². The molecule has 0 aliphatic carbocycles. The number of rotatable bonds is 3. The Morgan fingerprint density at radius 3 is 2.48 bits per heavy atom. The molecule has 1 saturated heterocycles. The first-order valence-electron chi connectivity index (χ1n) is 8.06. The number of carbonyl (C=O) groups excluding carboxylic acids is 2. The first kappa shape index (κ1) is 17.0. The molecule has 2 aromatic rings. The van der Waals surface area contributed by atoms with Crippen LogP contribution in [0.25, 0.3) is 6.08 Å². The van der Waals surface area contributed by atoms with Gasteiger partial charge in [0, 0.05) is 0 Å². The molecule has 0 bridgehead atoms. The van der Waals surface area contributed by atoms with Gasteiger partial charge in [-0.15, -0.1) is 0 Å². The van der Waals surface area contributed by atoms with Crippen LogP contribution < -0.4 is 10.2 Å². The van der Waals surface area contributed by atoms with Gasteiger partial charge in [0.15, 0.2) is 5.11 Å². The molecule has 1 aliphatic heterocycles. The smallest absolute Gasteiger partial charge is 0.270 e. The van der Waals surface area contributed by atoms with Gasteiger partial charge in [0.2, 0.25) is 0 Å². The number of nitrogens with zero attached hydrogens (tertiary/aromatic N) is 1. The standard InChI is InChI=1S/C20H18N2O2S/c1-3-14-7-9-16(10-8-14)22-19(24)17(18(23)21-20(22)25)12-15-6-4-5-13(2)11-15/h4-12H,3H2,1-2H3,(H,21,23,25)/b17-12+. The molecule has 3 rings (SSSR count). The van der Waals surface area contributed by atoms with Crippen LogP contribution in [0, 0.1) is 6.92 Å². The molecule has 0 radical (unpaired) electrons. The van der Waals surface area contributed by atoms with Gasteiger partial charge >= 0.3 is 0 Å². The molecule has 5 heteroatoms. The van der Waals surface area contributed by atoms with Gasteiger partial charge in [0.25, 0.3) is 11.8 Å². The molecule has 1 fully saturated rings. The third-order valence-corrected chi connectivity index (χ3v) is 4.34. The third-order valence-electron chi connectivity index (χ3n) is 4.06. The average Bonchev–Trinajstić information content (AvgIpc) is 2.59. The number of carbonyl (C=O) groups is 2. The van der Waals surface area contributed by atoms with E-state index < -0.39 is 11.8 Å². The zero-order valence-electron chi connectivity index (χ0n) is 14.1. The van der Waals surface area contributed by atoms with Crippen LogP contribution >= 0.6 is 12.2 Å². The van der Waals surface area contributed by atoms with Gasteiger partial charge < -0.3 is 0 Å². The Kier molecular flexibility index (Phi) is 4.76. The summed E-state index contributed by atoms with van der Waals surface area (Å²) in [4.78, 5) is 26.5. The van der Waals surface area contributed by atoms with Crippen molar-refractivity contribution in [2.75, 3.05) is 4.90 Å². The summed E-state index contributed by atoms with van der Waals surface area (Å²) < 4.78 is 0. The predicted molar refractivity (Wildman–Crippen MR) is 103 cm³/mol. The van der Waals surface area contributed by atoms with Gasteiger partial charge in [-0.3, -0.25) is 19.8 Å². The van der Waals surface area contributed by atoms with Crippen molar-refractivity contribution in [1.29, 1.82) is 0 Å². The molecule has 0 saturated carbocycles. The average molecular weight is 350 g/mol. The highest BCUT2D eigenvalue weighted by molar-refractivity contribution is 7.80. The molecule has 2 amide bonds. The summed E-state index contributed by atoms with van der Waals surface area (Å²) in [5, 5.41) is 2.70. The Morgan fingerprint density at radius 1 is 1.12 bits per heavy atom. The molecule has 0 unspecified atom stereocenters. The van der Waals surface area contributed by atoms with Crippen molar-refractivity contribution in [3.05, 3.63) is 70.8 Å². The zero-order valence-corrected chi connectivity index (χ0v) is 14.9. The summed E-state index contributed by atoms with van der Waals surface area (Å²) in [5.41, 5.74) is 3.73. The van der Waals surface area contributed by atoms with E-state index in [4.69, 9.17) is 12.2 Å². The second kappa shape index (κ2) is 6.99. The quantitative estimate of drug-likeness (QED) is 0.524. The van der Waals surface area contributed by atoms with Crippen molar-refractivity contribution in [3.63, 3.8) is 0 Å². The number of aryl methyl sites for hydroxylation is 2. The Hall–Kier alpha value is -2.79. The molecule has 2 aromatic carbocycles. The Labute approximate surface area is 152 Å². The number of nitrogens with one attached hydrogen (secondary N) is 1. The van der Waals surface area contributed by atoms with Crippen LogP contribution in [0.3, 0.4) is 0 Å². The lowest BCUT2D eigenvalue weighted by molar-refractivity contribution is -0.122. The van der Waals surface area contributed by atoms with E-state index in [0.717, 1.165) is 17.5 Å². The van der Waals surface area contributed by atoms with Crippen molar-refractivity contribution >= 4 is 40.9 Å². The van der Waals surface area contributed by atoms with Crippen LogP contribution in [0.4, 0.5) is 5.69 Å². The van der Waals surface area contributed by atoms with Crippen LogP contribution in [0.15, 0.2) is 54.1 Å². The summed E-state index contributed by atoms with van der Waals surface area (Å²) in [7, 11) is 0. The molecule has 0 aromatic heterocycles. The maximum absolute atomic E-state index is 12.9. The Bertz CT molecular complexity index is 885. The highest BCUT2D eigenvalue weighted by atomic mass is 32.1. The number of hydrogen-bond acceptors (Lipinski definition) is 3. The van der Waals surface area contributed by atoms with Gasteiger partial charge in [0.05, 0.1) is 5.69 Å². The second-order valence-electron chi connectivity index (χ2n) is 5.89. The van der Waals surface area contributed by atoms with Crippen LogP contribution in [0.1, 0.15) is 23.6 Å². The third kappa shape index (κ3) is 3.51. The summed E-state index contributed by atoms with van der Waals surface area (Å²) in [6.07, 6.45) is 2.51. The summed E-state index contributed by atoms with van der Waals surface area (Å²) in [5.74, 6) is -0.891. The molecule has 1 aliphatic rings. The Morgan fingerprint density at radius 2 is 1.84 bits per heavy atom. The van der Waals surface area contributed by atoms with Crippen LogP contribution in [0.2, 0.25) is 0 Å². The lowest BCUT2D eigenvalue weighted by Crippen LogP contribution is -2.54. The molecule has 25 heavy (non-hydrogen) atoms. The largest absolute Gasteiger partial charge is 0.298 e. The van der Waals surface area contributed by atoms with Crippen LogP contribution in [-0.4, -0.2) is 16.9 Å². The van der Waals surface area contributed by atoms with Gasteiger partial charge in [0.1, 0.15) is 5.57 Å². The molecular weight excluding hydrogens is 332 g/mol. The van der Waals surface area contributed by atoms with E-state index in [1.807, 2.05) is 55.5 Å². The highest BCUT2D eigenvalue weighted by Gasteiger charge is 2.34. The summed E-state index contributed by atoms with van der Waals surface area (Å²) >= 11 is 5.21. The van der Waals surface area contributed by atoms with Gasteiger partial charge in [-0.25, -0.2) is 0 Å². The van der Waals surface area contributed by atoms with E-state index in [1.165, 1.54) is 10.5 Å². The molecular formula is C20H18N2O2S. The topological polar surface area (TPSA) is 49.4 Å². The fourth-order valence-corrected chi connectivity index (χ4v) is 2.98. The molecule has 4 nitrogen and oxygen atoms in total. The maximum atomic E-state index is 12.9. The second-order valence-corrected chi connectivity index (χ2v) is 6.28. The Balaban J connectivity index is 1.99. The number of anilines is 1. The van der Waals surface area contributed by atoms with Crippen molar-refractivity contribution < 1.29 is 9.59 Å². The monoisotopic (exact) mass is 350 g/mol. The van der Waals surface area contributed by atoms with E-state index in [-0.39, 0.29) is 10.7 Å². The van der Waals surface area contributed by atoms with Crippen LogP contribution in [-0.2, 0) is 16.0 Å². The van der Waals surface area contributed by atoms with E-state index in [1.54, 1.807) is 6.08 Å². The minimum absolute atomic E-state index is 0.0683.